The molecule has 0 N–H and O–H groups in total. The number of ether oxygens (including phenoxy) is 1. The van der Waals surface area contributed by atoms with Gasteiger partial charge in [0.25, 0.3) is 0 Å². The quantitative estimate of drug-likeness (QED) is 0.515. The molecule has 1 saturated heterocycles. The molecule has 3 heteroatoms. The summed E-state index contributed by atoms with van der Waals surface area (Å²) in [5.74, 6) is 0.0863. The Balaban J connectivity index is 2.20. The van der Waals surface area contributed by atoms with Crippen molar-refractivity contribution in [3.63, 3.8) is 0 Å². The zero-order valence-corrected chi connectivity index (χ0v) is 10.7. The molecule has 0 saturated carbocycles. The van der Waals surface area contributed by atoms with E-state index in [9.17, 15) is 4.79 Å². The number of hydrogen-bond acceptors (Lipinski definition) is 3. The summed E-state index contributed by atoms with van der Waals surface area (Å²) in [6.07, 6.45) is 7.32. The number of likely N-dealkylation sites (tertiary alicyclic amines) is 1. The fraction of sp³-hybridized carbons (Fsp3) is 0.923. The lowest BCUT2D eigenvalue weighted by molar-refractivity contribution is -0.147. The fourth-order valence-electron chi connectivity index (χ4n) is 2.38. The number of rotatable bonds is 6. The van der Waals surface area contributed by atoms with Crippen LogP contribution in [0.2, 0.25) is 0 Å². The second-order valence-electron chi connectivity index (χ2n) is 4.72. The van der Waals surface area contributed by atoms with Gasteiger partial charge in [-0.25, -0.2) is 0 Å². The van der Waals surface area contributed by atoms with E-state index < -0.39 is 0 Å². The Kier molecular flexibility index (Phi) is 6.46. The Morgan fingerprint density at radius 1 is 1.38 bits per heavy atom. The molecule has 1 aliphatic rings. The van der Waals surface area contributed by atoms with Crippen LogP contribution in [0, 0.1) is 5.92 Å². The van der Waals surface area contributed by atoms with E-state index >= 15 is 0 Å². The van der Waals surface area contributed by atoms with Crippen LogP contribution in [0.4, 0.5) is 0 Å². The molecule has 0 aromatic carbocycles. The number of carbonyl (C=O) groups excluding carboxylic acids is 1. The third kappa shape index (κ3) is 4.52. The first-order valence-corrected chi connectivity index (χ1v) is 6.58. The standard InChI is InChI=1S/C13H25NO2/c1-3-4-5-6-9-14-10-7-8-12(11-14)13(15)16-2/h12H,3-11H2,1-2H3. The van der Waals surface area contributed by atoms with E-state index in [1.807, 2.05) is 0 Å². The Morgan fingerprint density at radius 2 is 2.19 bits per heavy atom. The highest BCUT2D eigenvalue weighted by Gasteiger charge is 2.25. The minimum Gasteiger partial charge on any atom is -0.469 e. The van der Waals surface area contributed by atoms with Crippen LogP contribution in [0.15, 0.2) is 0 Å². The van der Waals surface area contributed by atoms with Crippen molar-refractivity contribution in [2.45, 2.75) is 45.4 Å². The predicted molar refractivity (Wildman–Crippen MR) is 65.3 cm³/mol. The molecule has 0 spiro atoms. The number of piperidine rings is 1. The lowest BCUT2D eigenvalue weighted by Crippen LogP contribution is -2.39. The first kappa shape index (κ1) is 13.5. The molecule has 1 aliphatic heterocycles. The monoisotopic (exact) mass is 227 g/mol. The molecular formula is C13H25NO2. The number of unbranched alkanes of at least 4 members (excludes halogenated alkanes) is 3. The lowest BCUT2D eigenvalue weighted by Gasteiger charge is -2.31. The highest BCUT2D eigenvalue weighted by atomic mass is 16.5. The molecule has 0 radical (unpaired) electrons. The van der Waals surface area contributed by atoms with Crippen molar-refractivity contribution in [3.05, 3.63) is 0 Å². The third-order valence-corrected chi connectivity index (χ3v) is 3.37. The molecule has 0 aliphatic carbocycles. The van der Waals surface area contributed by atoms with E-state index in [0.717, 1.165) is 32.5 Å². The molecule has 1 rings (SSSR count). The van der Waals surface area contributed by atoms with Gasteiger partial charge in [0.1, 0.15) is 0 Å². The summed E-state index contributed by atoms with van der Waals surface area (Å²) in [6, 6.07) is 0. The van der Waals surface area contributed by atoms with Gasteiger partial charge >= 0.3 is 5.97 Å². The Bertz CT molecular complexity index is 206. The molecule has 0 aromatic rings. The molecular weight excluding hydrogens is 202 g/mol. The molecule has 0 amide bonds. The van der Waals surface area contributed by atoms with Gasteiger partial charge in [-0.1, -0.05) is 26.2 Å². The van der Waals surface area contributed by atoms with Gasteiger partial charge in [0, 0.05) is 6.54 Å². The highest BCUT2D eigenvalue weighted by molar-refractivity contribution is 5.72. The maximum Gasteiger partial charge on any atom is 0.309 e. The molecule has 0 bridgehead atoms. The highest BCUT2D eigenvalue weighted by Crippen LogP contribution is 2.18. The largest absolute Gasteiger partial charge is 0.469 e. The Labute approximate surface area is 99.1 Å². The van der Waals surface area contributed by atoms with Crippen molar-refractivity contribution in [3.8, 4) is 0 Å². The summed E-state index contributed by atoms with van der Waals surface area (Å²) >= 11 is 0. The zero-order chi connectivity index (χ0) is 11.8. The van der Waals surface area contributed by atoms with Crippen molar-refractivity contribution >= 4 is 5.97 Å². The van der Waals surface area contributed by atoms with E-state index in [2.05, 4.69) is 11.8 Å². The first-order chi connectivity index (χ1) is 7.77. The predicted octanol–water partition coefficient (Wildman–Crippen LogP) is 2.45. The number of hydrogen-bond donors (Lipinski definition) is 0. The van der Waals surface area contributed by atoms with E-state index in [1.54, 1.807) is 0 Å². The summed E-state index contributed by atoms with van der Waals surface area (Å²) < 4.78 is 4.82. The van der Waals surface area contributed by atoms with Crippen LogP contribution in [-0.4, -0.2) is 37.6 Å². The molecule has 1 unspecified atom stereocenters. The summed E-state index contributed by atoms with van der Waals surface area (Å²) in [6.45, 7) is 5.43. The van der Waals surface area contributed by atoms with Crippen LogP contribution in [0.5, 0.6) is 0 Å². The summed E-state index contributed by atoms with van der Waals surface area (Å²) in [4.78, 5) is 13.9. The van der Waals surface area contributed by atoms with Gasteiger partial charge in [-0.2, -0.15) is 0 Å². The second-order valence-corrected chi connectivity index (χ2v) is 4.72. The number of carbonyl (C=O) groups is 1. The molecule has 1 atom stereocenters. The SMILES string of the molecule is CCCCCCN1CCCC(C(=O)OC)C1. The van der Waals surface area contributed by atoms with Crippen LogP contribution in [0.3, 0.4) is 0 Å². The average Bonchev–Trinajstić information content (AvgIpc) is 2.34. The van der Waals surface area contributed by atoms with Crippen LogP contribution >= 0.6 is 0 Å². The van der Waals surface area contributed by atoms with Crippen molar-refractivity contribution in [1.82, 2.24) is 4.90 Å². The van der Waals surface area contributed by atoms with Gasteiger partial charge in [-0.15, -0.1) is 0 Å². The van der Waals surface area contributed by atoms with E-state index in [4.69, 9.17) is 4.74 Å². The van der Waals surface area contributed by atoms with Crippen molar-refractivity contribution in [1.29, 1.82) is 0 Å². The minimum atomic E-state index is -0.0294. The third-order valence-electron chi connectivity index (χ3n) is 3.37. The van der Waals surface area contributed by atoms with Crippen molar-refractivity contribution in [2.24, 2.45) is 5.92 Å². The molecule has 94 valence electrons. The fourth-order valence-corrected chi connectivity index (χ4v) is 2.38. The van der Waals surface area contributed by atoms with Crippen LogP contribution in [0.25, 0.3) is 0 Å². The normalized spacial score (nSPS) is 22.0. The molecule has 3 nitrogen and oxygen atoms in total. The molecule has 16 heavy (non-hydrogen) atoms. The molecule has 1 heterocycles. The smallest absolute Gasteiger partial charge is 0.309 e. The first-order valence-electron chi connectivity index (χ1n) is 6.58. The Hall–Kier alpha value is -0.570. The van der Waals surface area contributed by atoms with Gasteiger partial charge in [-0.05, 0) is 32.4 Å². The second kappa shape index (κ2) is 7.66. The van der Waals surface area contributed by atoms with Crippen molar-refractivity contribution in [2.75, 3.05) is 26.7 Å². The maximum atomic E-state index is 11.4. The average molecular weight is 227 g/mol. The number of methoxy groups -OCH3 is 1. The zero-order valence-electron chi connectivity index (χ0n) is 10.7. The van der Waals surface area contributed by atoms with Crippen LogP contribution < -0.4 is 0 Å². The van der Waals surface area contributed by atoms with Gasteiger partial charge in [0.05, 0.1) is 13.0 Å². The van der Waals surface area contributed by atoms with Crippen molar-refractivity contribution < 1.29 is 9.53 Å². The van der Waals surface area contributed by atoms with Crippen LogP contribution in [0.1, 0.15) is 45.4 Å². The van der Waals surface area contributed by atoms with E-state index in [1.165, 1.54) is 32.8 Å². The van der Waals surface area contributed by atoms with Gasteiger partial charge in [0.15, 0.2) is 0 Å². The maximum absolute atomic E-state index is 11.4. The molecule has 1 fully saturated rings. The van der Waals surface area contributed by atoms with Gasteiger partial charge < -0.3 is 9.64 Å². The topological polar surface area (TPSA) is 29.5 Å². The van der Waals surface area contributed by atoms with Crippen LogP contribution in [-0.2, 0) is 9.53 Å². The van der Waals surface area contributed by atoms with E-state index in [0.29, 0.717) is 0 Å². The number of esters is 1. The van der Waals surface area contributed by atoms with Gasteiger partial charge in [-0.3, -0.25) is 4.79 Å². The molecule has 0 aromatic heterocycles. The minimum absolute atomic E-state index is 0.0294. The van der Waals surface area contributed by atoms with E-state index in [-0.39, 0.29) is 11.9 Å². The lowest BCUT2D eigenvalue weighted by atomic mass is 9.98. The summed E-state index contributed by atoms with van der Waals surface area (Å²) in [5, 5.41) is 0. The summed E-state index contributed by atoms with van der Waals surface area (Å²) in [7, 11) is 1.49. The number of nitrogens with zero attached hydrogens (tertiary/aromatic N) is 1. The Morgan fingerprint density at radius 3 is 2.88 bits per heavy atom. The summed E-state index contributed by atoms with van der Waals surface area (Å²) in [5.41, 5.74) is 0. The van der Waals surface area contributed by atoms with Gasteiger partial charge in [0.2, 0.25) is 0 Å².